The Kier molecular flexibility index (Phi) is 4.65. The van der Waals surface area contributed by atoms with Crippen LogP contribution in [0.3, 0.4) is 0 Å². The third-order valence-corrected chi connectivity index (χ3v) is 6.45. The molecule has 1 aromatic heterocycles. The van der Waals surface area contributed by atoms with Crippen LogP contribution in [0.5, 0.6) is 0 Å². The molecular formula is C23H13BrClIN2. The molecule has 5 heteroatoms. The third kappa shape index (κ3) is 3.04. The first-order chi connectivity index (χ1) is 13.6. The van der Waals surface area contributed by atoms with Crippen LogP contribution < -0.4 is 0 Å². The molecule has 0 aliphatic rings. The van der Waals surface area contributed by atoms with Gasteiger partial charge in [-0.05, 0) is 70.4 Å². The van der Waals surface area contributed by atoms with E-state index in [1.54, 1.807) is 0 Å². The SMILES string of the molecule is Clc1ccc(-c2c3cc(Br)c4ccccc4c3nn2-c2ccc(I)cc2)cc1. The highest BCUT2D eigenvalue weighted by Gasteiger charge is 2.18. The van der Waals surface area contributed by atoms with Crippen LogP contribution in [0.15, 0.2) is 83.3 Å². The standard InChI is InChI=1S/C23H13BrClIN2/c24-21-13-20-22(19-4-2-1-3-18(19)21)27-28(17-11-9-16(26)10-12-17)23(20)14-5-7-15(25)8-6-14/h1-13H. The molecule has 0 aliphatic heterocycles. The van der Waals surface area contributed by atoms with Gasteiger partial charge in [0.15, 0.2) is 0 Å². The van der Waals surface area contributed by atoms with Crippen LogP contribution in [0.2, 0.25) is 5.02 Å². The van der Waals surface area contributed by atoms with E-state index in [1.807, 2.05) is 28.9 Å². The van der Waals surface area contributed by atoms with E-state index in [2.05, 4.69) is 93.1 Å². The van der Waals surface area contributed by atoms with E-state index in [0.29, 0.717) is 0 Å². The van der Waals surface area contributed by atoms with Crippen LogP contribution in [0.4, 0.5) is 0 Å². The summed E-state index contributed by atoms with van der Waals surface area (Å²) in [5, 5.41) is 9.15. The molecule has 0 unspecified atom stereocenters. The average Bonchev–Trinajstić information content (AvgIpc) is 3.09. The molecule has 0 amide bonds. The van der Waals surface area contributed by atoms with E-state index in [-0.39, 0.29) is 0 Å². The maximum absolute atomic E-state index is 6.14. The molecular weight excluding hydrogens is 547 g/mol. The van der Waals surface area contributed by atoms with Crippen molar-refractivity contribution in [2.75, 3.05) is 0 Å². The fourth-order valence-corrected chi connectivity index (χ4v) is 4.58. The summed E-state index contributed by atoms with van der Waals surface area (Å²) in [6.07, 6.45) is 0. The van der Waals surface area contributed by atoms with Gasteiger partial charge in [-0.2, -0.15) is 5.10 Å². The lowest BCUT2D eigenvalue weighted by molar-refractivity contribution is 0.905. The second-order valence-corrected chi connectivity index (χ2v) is 9.08. The Morgan fingerprint density at radius 3 is 2.21 bits per heavy atom. The predicted octanol–water partition coefficient (Wildman–Crippen LogP) is 7.87. The van der Waals surface area contributed by atoms with Crippen molar-refractivity contribution in [1.29, 1.82) is 0 Å². The Bertz CT molecular complexity index is 1330. The Morgan fingerprint density at radius 1 is 0.821 bits per heavy atom. The number of nitrogens with zero attached hydrogens (tertiary/aromatic N) is 2. The Morgan fingerprint density at radius 2 is 1.50 bits per heavy atom. The number of halogens is 3. The zero-order valence-corrected chi connectivity index (χ0v) is 19.0. The fraction of sp³-hybridized carbons (Fsp3) is 0. The summed E-state index contributed by atoms with van der Waals surface area (Å²) < 4.78 is 4.29. The Balaban J connectivity index is 1.92. The van der Waals surface area contributed by atoms with Crippen LogP contribution in [0.1, 0.15) is 0 Å². The molecule has 4 aromatic carbocycles. The average molecular weight is 560 g/mol. The quantitative estimate of drug-likeness (QED) is 0.201. The summed E-state index contributed by atoms with van der Waals surface area (Å²) in [5.41, 5.74) is 4.15. The second-order valence-electron chi connectivity index (χ2n) is 6.54. The molecule has 0 spiro atoms. The van der Waals surface area contributed by atoms with Crippen LogP contribution >= 0.6 is 50.1 Å². The molecule has 0 radical (unpaired) electrons. The van der Waals surface area contributed by atoms with Crippen LogP contribution in [-0.4, -0.2) is 9.78 Å². The Hall–Kier alpha value is -1.89. The highest BCUT2D eigenvalue weighted by atomic mass is 127. The number of fused-ring (bicyclic) bond motifs is 3. The lowest BCUT2D eigenvalue weighted by atomic mass is 10.0. The fourth-order valence-electron chi connectivity index (χ4n) is 3.52. The maximum Gasteiger partial charge on any atom is 0.101 e. The van der Waals surface area contributed by atoms with E-state index in [0.717, 1.165) is 48.1 Å². The highest BCUT2D eigenvalue weighted by molar-refractivity contribution is 14.1. The summed E-state index contributed by atoms with van der Waals surface area (Å²) >= 11 is 12.2. The minimum atomic E-state index is 0.722. The normalized spacial score (nSPS) is 11.4. The van der Waals surface area contributed by atoms with Crippen molar-refractivity contribution in [2.45, 2.75) is 0 Å². The summed E-state index contributed by atoms with van der Waals surface area (Å²) in [7, 11) is 0. The third-order valence-electron chi connectivity index (χ3n) is 4.82. The first-order valence-corrected chi connectivity index (χ1v) is 11.0. The molecule has 28 heavy (non-hydrogen) atoms. The second kappa shape index (κ2) is 7.17. The lowest BCUT2D eigenvalue weighted by Crippen LogP contribution is -1.99. The first kappa shape index (κ1) is 18.2. The first-order valence-electron chi connectivity index (χ1n) is 8.74. The molecule has 0 aliphatic carbocycles. The summed E-state index contributed by atoms with van der Waals surface area (Å²) in [4.78, 5) is 0. The Labute approximate surface area is 189 Å². The predicted molar refractivity (Wildman–Crippen MR) is 129 cm³/mol. The van der Waals surface area contributed by atoms with E-state index >= 15 is 0 Å². The zero-order valence-electron chi connectivity index (χ0n) is 14.5. The van der Waals surface area contributed by atoms with Crippen molar-refractivity contribution < 1.29 is 0 Å². The molecule has 0 saturated heterocycles. The van der Waals surface area contributed by atoms with E-state index < -0.39 is 0 Å². The van der Waals surface area contributed by atoms with Crippen molar-refractivity contribution in [3.63, 3.8) is 0 Å². The minimum Gasteiger partial charge on any atom is -0.232 e. The molecule has 1 heterocycles. The largest absolute Gasteiger partial charge is 0.232 e. The van der Waals surface area contributed by atoms with Gasteiger partial charge in [-0.3, -0.25) is 0 Å². The molecule has 0 fully saturated rings. The number of rotatable bonds is 2. The van der Waals surface area contributed by atoms with Crippen molar-refractivity contribution in [2.24, 2.45) is 0 Å². The van der Waals surface area contributed by atoms with Gasteiger partial charge in [-0.15, -0.1) is 0 Å². The van der Waals surface area contributed by atoms with E-state index in [9.17, 15) is 0 Å². The lowest BCUT2D eigenvalue weighted by Gasteiger charge is -2.09. The topological polar surface area (TPSA) is 17.8 Å². The number of hydrogen-bond acceptors (Lipinski definition) is 1. The summed E-state index contributed by atoms with van der Waals surface area (Å²) in [5.74, 6) is 0. The van der Waals surface area contributed by atoms with Gasteiger partial charge in [0, 0.05) is 29.4 Å². The van der Waals surface area contributed by atoms with Gasteiger partial charge in [0.1, 0.15) is 5.52 Å². The van der Waals surface area contributed by atoms with E-state index in [4.69, 9.17) is 16.7 Å². The van der Waals surface area contributed by atoms with Crippen molar-refractivity contribution in [3.05, 3.63) is 91.9 Å². The highest BCUT2D eigenvalue weighted by Crippen LogP contribution is 2.38. The number of hydrogen-bond donors (Lipinski definition) is 0. The van der Waals surface area contributed by atoms with Gasteiger partial charge in [-0.25, -0.2) is 4.68 Å². The zero-order chi connectivity index (χ0) is 19.3. The van der Waals surface area contributed by atoms with Crippen molar-refractivity contribution in [3.8, 4) is 16.9 Å². The number of aromatic nitrogens is 2. The smallest absolute Gasteiger partial charge is 0.101 e. The van der Waals surface area contributed by atoms with Gasteiger partial charge < -0.3 is 0 Å². The molecule has 2 nitrogen and oxygen atoms in total. The van der Waals surface area contributed by atoms with Crippen molar-refractivity contribution >= 4 is 71.8 Å². The summed E-state index contributed by atoms with van der Waals surface area (Å²) in [6, 6.07) is 26.8. The van der Waals surface area contributed by atoms with Crippen LogP contribution in [0, 0.1) is 3.57 Å². The minimum absolute atomic E-state index is 0.722. The molecule has 136 valence electrons. The molecule has 0 bridgehead atoms. The molecule has 0 saturated carbocycles. The van der Waals surface area contributed by atoms with E-state index in [1.165, 1.54) is 3.57 Å². The van der Waals surface area contributed by atoms with Crippen LogP contribution in [-0.2, 0) is 0 Å². The maximum atomic E-state index is 6.14. The van der Waals surface area contributed by atoms with Gasteiger partial charge in [-0.1, -0.05) is 63.9 Å². The number of benzene rings is 4. The monoisotopic (exact) mass is 558 g/mol. The van der Waals surface area contributed by atoms with Gasteiger partial charge in [0.05, 0.1) is 11.4 Å². The molecule has 5 rings (SSSR count). The van der Waals surface area contributed by atoms with Gasteiger partial charge in [0.25, 0.3) is 0 Å². The molecule has 0 N–H and O–H groups in total. The van der Waals surface area contributed by atoms with Crippen molar-refractivity contribution in [1.82, 2.24) is 9.78 Å². The molecule has 5 aromatic rings. The van der Waals surface area contributed by atoms with Gasteiger partial charge in [0.2, 0.25) is 0 Å². The summed E-state index contributed by atoms with van der Waals surface area (Å²) in [6.45, 7) is 0. The molecule has 0 atom stereocenters. The van der Waals surface area contributed by atoms with Crippen LogP contribution in [0.25, 0.3) is 38.6 Å². The van der Waals surface area contributed by atoms with Gasteiger partial charge >= 0.3 is 0 Å².